The van der Waals surface area contributed by atoms with E-state index in [0.717, 1.165) is 13.1 Å². The van der Waals surface area contributed by atoms with Crippen LogP contribution in [0.25, 0.3) is 0 Å². The number of aromatic nitrogens is 1. The Hall–Kier alpha value is -1.90. The lowest BCUT2D eigenvalue weighted by Gasteiger charge is -2.22. The van der Waals surface area contributed by atoms with Crippen molar-refractivity contribution in [1.82, 2.24) is 4.57 Å². The maximum absolute atomic E-state index is 3.60. The van der Waals surface area contributed by atoms with Crippen molar-refractivity contribution >= 4 is 11.4 Å². The number of para-hydroxylation sites is 2. The third-order valence-electron chi connectivity index (χ3n) is 4.07. The third-order valence-corrected chi connectivity index (χ3v) is 4.07. The molecule has 0 atom stereocenters. The highest BCUT2D eigenvalue weighted by molar-refractivity contribution is 5.70. The number of nitrogens with zero attached hydrogens (tertiary/aromatic N) is 2. The highest BCUT2D eigenvalue weighted by Gasteiger charge is 2.15. The standard InChI is InChI=1S/C17H23N3/c1-2-19-13-7-8-15(19)14-18-16-9-3-4-10-17(16)20-11-5-6-12-20/h3-4,7-10,13,18H,2,5-6,11-12,14H2,1H3. The molecular weight excluding hydrogens is 246 g/mol. The van der Waals surface area contributed by atoms with Crippen molar-refractivity contribution in [3.05, 3.63) is 48.3 Å². The van der Waals surface area contributed by atoms with Crippen LogP contribution >= 0.6 is 0 Å². The van der Waals surface area contributed by atoms with Crippen molar-refractivity contribution in [2.75, 3.05) is 23.3 Å². The van der Waals surface area contributed by atoms with E-state index in [4.69, 9.17) is 0 Å². The molecular formula is C17H23N3. The molecule has 20 heavy (non-hydrogen) atoms. The van der Waals surface area contributed by atoms with Crippen LogP contribution in [-0.2, 0) is 13.1 Å². The molecule has 0 saturated carbocycles. The minimum absolute atomic E-state index is 0.881. The predicted octanol–water partition coefficient (Wildman–Crippen LogP) is 3.72. The minimum atomic E-state index is 0.881. The summed E-state index contributed by atoms with van der Waals surface area (Å²) in [5.41, 5.74) is 3.93. The summed E-state index contributed by atoms with van der Waals surface area (Å²) < 4.78 is 2.28. The highest BCUT2D eigenvalue weighted by Crippen LogP contribution is 2.28. The molecule has 0 unspecified atom stereocenters. The molecule has 106 valence electrons. The van der Waals surface area contributed by atoms with Gasteiger partial charge in [-0.15, -0.1) is 0 Å². The topological polar surface area (TPSA) is 20.2 Å². The molecule has 0 aliphatic carbocycles. The summed E-state index contributed by atoms with van der Waals surface area (Å²) in [6, 6.07) is 13.0. The molecule has 0 bridgehead atoms. The number of anilines is 2. The van der Waals surface area contributed by atoms with Gasteiger partial charge in [0.15, 0.2) is 0 Å². The van der Waals surface area contributed by atoms with Crippen LogP contribution in [0.2, 0.25) is 0 Å². The summed E-state index contributed by atoms with van der Waals surface area (Å²) in [4.78, 5) is 2.49. The zero-order chi connectivity index (χ0) is 13.8. The van der Waals surface area contributed by atoms with Gasteiger partial charge in [0.25, 0.3) is 0 Å². The number of hydrogen-bond acceptors (Lipinski definition) is 2. The van der Waals surface area contributed by atoms with Crippen molar-refractivity contribution in [2.24, 2.45) is 0 Å². The van der Waals surface area contributed by atoms with Gasteiger partial charge in [-0.25, -0.2) is 0 Å². The van der Waals surface area contributed by atoms with Crippen molar-refractivity contribution in [3.63, 3.8) is 0 Å². The van der Waals surface area contributed by atoms with E-state index in [2.05, 4.69) is 64.3 Å². The number of benzene rings is 1. The van der Waals surface area contributed by atoms with E-state index in [0.29, 0.717) is 0 Å². The van der Waals surface area contributed by atoms with Gasteiger partial charge in [-0.05, 0) is 44.0 Å². The fraction of sp³-hybridized carbons (Fsp3) is 0.412. The number of aryl methyl sites for hydroxylation is 1. The lowest BCUT2D eigenvalue weighted by atomic mass is 10.2. The highest BCUT2D eigenvalue weighted by atomic mass is 15.2. The summed E-state index contributed by atoms with van der Waals surface area (Å²) >= 11 is 0. The smallest absolute Gasteiger partial charge is 0.0602 e. The first-order chi connectivity index (χ1) is 9.88. The Kier molecular flexibility index (Phi) is 3.95. The number of rotatable bonds is 5. The van der Waals surface area contributed by atoms with E-state index in [-0.39, 0.29) is 0 Å². The van der Waals surface area contributed by atoms with Crippen LogP contribution in [0.4, 0.5) is 11.4 Å². The van der Waals surface area contributed by atoms with Gasteiger partial charge >= 0.3 is 0 Å². The van der Waals surface area contributed by atoms with Crippen LogP contribution in [0.5, 0.6) is 0 Å². The quantitative estimate of drug-likeness (QED) is 0.892. The van der Waals surface area contributed by atoms with Gasteiger partial charge in [0.1, 0.15) is 0 Å². The average Bonchev–Trinajstić information content (AvgIpc) is 3.16. The normalized spacial score (nSPS) is 14.8. The molecule has 1 N–H and O–H groups in total. The Morgan fingerprint density at radius 1 is 1.05 bits per heavy atom. The molecule has 2 heterocycles. The summed E-state index contributed by atoms with van der Waals surface area (Å²) in [6.07, 6.45) is 4.77. The molecule has 1 aliphatic heterocycles. The molecule has 1 aliphatic rings. The summed E-state index contributed by atoms with van der Waals surface area (Å²) in [6.45, 7) is 6.46. The Labute approximate surface area is 121 Å². The van der Waals surface area contributed by atoms with Gasteiger partial charge in [0.05, 0.1) is 17.9 Å². The third kappa shape index (κ3) is 2.67. The zero-order valence-corrected chi connectivity index (χ0v) is 12.2. The average molecular weight is 269 g/mol. The van der Waals surface area contributed by atoms with E-state index >= 15 is 0 Å². The minimum Gasteiger partial charge on any atom is -0.378 e. The first kappa shape index (κ1) is 13.1. The molecule has 3 nitrogen and oxygen atoms in total. The maximum Gasteiger partial charge on any atom is 0.0602 e. The Morgan fingerprint density at radius 3 is 2.65 bits per heavy atom. The van der Waals surface area contributed by atoms with Gasteiger partial charge in [-0.2, -0.15) is 0 Å². The Balaban J connectivity index is 1.74. The van der Waals surface area contributed by atoms with Gasteiger partial charge in [-0.1, -0.05) is 12.1 Å². The second-order valence-corrected chi connectivity index (χ2v) is 5.35. The fourth-order valence-electron chi connectivity index (χ4n) is 2.96. The SMILES string of the molecule is CCn1cccc1CNc1ccccc1N1CCCC1. The first-order valence-electron chi connectivity index (χ1n) is 7.60. The molecule has 0 amide bonds. The molecule has 1 aromatic heterocycles. The van der Waals surface area contributed by atoms with Crippen molar-refractivity contribution in [1.29, 1.82) is 0 Å². The van der Waals surface area contributed by atoms with Crippen molar-refractivity contribution in [2.45, 2.75) is 32.9 Å². The van der Waals surface area contributed by atoms with Crippen LogP contribution in [0.3, 0.4) is 0 Å². The summed E-state index contributed by atoms with van der Waals surface area (Å²) in [5.74, 6) is 0. The van der Waals surface area contributed by atoms with Gasteiger partial charge in [0.2, 0.25) is 0 Å². The van der Waals surface area contributed by atoms with Gasteiger partial charge in [-0.3, -0.25) is 0 Å². The molecule has 1 aromatic carbocycles. The molecule has 0 spiro atoms. The van der Waals surface area contributed by atoms with E-state index in [1.165, 1.54) is 43.0 Å². The van der Waals surface area contributed by atoms with Gasteiger partial charge < -0.3 is 14.8 Å². The van der Waals surface area contributed by atoms with E-state index in [1.807, 2.05) is 0 Å². The zero-order valence-electron chi connectivity index (χ0n) is 12.2. The predicted molar refractivity (Wildman–Crippen MR) is 85.3 cm³/mol. The number of hydrogen-bond donors (Lipinski definition) is 1. The lowest BCUT2D eigenvalue weighted by Crippen LogP contribution is -2.19. The largest absolute Gasteiger partial charge is 0.378 e. The molecule has 3 rings (SSSR count). The van der Waals surface area contributed by atoms with Crippen LogP contribution in [-0.4, -0.2) is 17.7 Å². The van der Waals surface area contributed by atoms with E-state index in [1.54, 1.807) is 0 Å². The van der Waals surface area contributed by atoms with Crippen LogP contribution < -0.4 is 10.2 Å². The van der Waals surface area contributed by atoms with E-state index < -0.39 is 0 Å². The fourth-order valence-corrected chi connectivity index (χ4v) is 2.96. The summed E-state index contributed by atoms with van der Waals surface area (Å²) in [7, 11) is 0. The van der Waals surface area contributed by atoms with Crippen molar-refractivity contribution < 1.29 is 0 Å². The van der Waals surface area contributed by atoms with Crippen molar-refractivity contribution in [3.8, 4) is 0 Å². The monoisotopic (exact) mass is 269 g/mol. The molecule has 1 saturated heterocycles. The second-order valence-electron chi connectivity index (χ2n) is 5.35. The maximum atomic E-state index is 3.60. The molecule has 3 heteroatoms. The Morgan fingerprint density at radius 2 is 1.85 bits per heavy atom. The molecule has 2 aromatic rings. The van der Waals surface area contributed by atoms with Crippen LogP contribution in [0.1, 0.15) is 25.5 Å². The molecule has 0 radical (unpaired) electrons. The lowest BCUT2D eigenvalue weighted by molar-refractivity contribution is 0.724. The summed E-state index contributed by atoms with van der Waals surface area (Å²) in [5, 5.41) is 3.60. The second kappa shape index (κ2) is 6.04. The van der Waals surface area contributed by atoms with Crippen LogP contribution in [0.15, 0.2) is 42.6 Å². The van der Waals surface area contributed by atoms with Gasteiger partial charge in [0, 0.05) is 31.5 Å². The molecule has 1 fully saturated rings. The number of nitrogens with one attached hydrogen (secondary N) is 1. The first-order valence-corrected chi connectivity index (χ1v) is 7.60. The van der Waals surface area contributed by atoms with Crippen LogP contribution in [0, 0.1) is 0 Å². The van der Waals surface area contributed by atoms with E-state index in [9.17, 15) is 0 Å². The Bertz CT molecular complexity index is 553.